The van der Waals surface area contributed by atoms with Gasteiger partial charge in [-0.1, -0.05) is 48.0 Å². The summed E-state index contributed by atoms with van der Waals surface area (Å²) in [5.41, 5.74) is 2.83. The predicted molar refractivity (Wildman–Crippen MR) is 114 cm³/mol. The van der Waals surface area contributed by atoms with Gasteiger partial charge >= 0.3 is 0 Å². The second-order valence-corrected chi connectivity index (χ2v) is 7.44. The van der Waals surface area contributed by atoms with Gasteiger partial charge in [0.25, 0.3) is 5.91 Å². The van der Waals surface area contributed by atoms with E-state index in [1.54, 1.807) is 7.11 Å². The number of methoxy groups -OCH3 is 1. The molecule has 0 saturated heterocycles. The monoisotopic (exact) mass is 431 g/mol. The Labute approximate surface area is 181 Å². The molecule has 6 nitrogen and oxygen atoms in total. The highest BCUT2D eigenvalue weighted by Crippen LogP contribution is 2.32. The van der Waals surface area contributed by atoms with Gasteiger partial charge in [-0.25, -0.2) is 0 Å². The molecule has 0 aliphatic carbocycles. The third kappa shape index (κ3) is 6.31. The largest absolute Gasteiger partial charge is 0.459 e. The summed E-state index contributed by atoms with van der Waals surface area (Å²) < 4.78 is 16.8. The van der Waals surface area contributed by atoms with Gasteiger partial charge in [-0.05, 0) is 34.9 Å². The minimum Gasteiger partial charge on any atom is -0.459 e. The van der Waals surface area contributed by atoms with E-state index >= 15 is 0 Å². The second-order valence-electron chi connectivity index (χ2n) is 7.01. The number of carbonyl (C=O) groups excluding carboxylic acids is 1. The number of hydrogen-bond donors (Lipinski definition) is 2. The number of rotatable bonds is 9. The van der Waals surface area contributed by atoms with Crippen LogP contribution in [0.1, 0.15) is 29.0 Å². The lowest BCUT2D eigenvalue weighted by molar-refractivity contribution is -0.150. The standard InChI is InChI=1S/C23H26ClNO5/c1-28-11-10-25-23(27)21-12-19(18-6-8-20(24)9-7-18)13-22(30-21)29-15-17-4-2-16(14-26)3-5-17/h2-9,12,19,22,26H,10-11,13-15H2,1H3,(H,25,27)/t19-,22+/m1/s1. The molecule has 1 aliphatic heterocycles. The molecule has 0 bridgehead atoms. The molecule has 1 heterocycles. The molecule has 7 heteroatoms. The van der Waals surface area contributed by atoms with Gasteiger partial charge in [0.15, 0.2) is 5.76 Å². The molecule has 2 aromatic carbocycles. The first-order chi connectivity index (χ1) is 14.6. The van der Waals surface area contributed by atoms with Crippen LogP contribution in [0.3, 0.4) is 0 Å². The van der Waals surface area contributed by atoms with Crippen molar-refractivity contribution in [2.75, 3.05) is 20.3 Å². The van der Waals surface area contributed by atoms with E-state index in [0.29, 0.717) is 31.2 Å². The van der Waals surface area contributed by atoms with Gasteiger partial charge in [0.2, 0.25) is 6.29 Å². The third-order valence-electron chi connectivity index (χ3n) is 4.81. The molecular formula is C23H26ClNO5. The number of aliphatic hydroxyl groups is 1. The zero-order valence-corrected chi connectivity index (χ0v) is 17.6. The van der Waals surface area contributed by atoms with Gasteiger partial charge in [-0.2, -0.15) is 0 Å². The summed E-state index contributed by atoms with van der Waals surface area (Å²) in [5.74, 6) is -0.106. The Kier molecular flexibility index (Phi) is 8.28. The lowest BCUT2D eigenvalue weighted by atomic mass is 9.93. The minimum atomic E-state index is -0.573. The van der Waals surface area contributed by atoms with Crippen LogP contribution in [0.15, 0.2) is 60.4 Å². The van der Waals surface area contributed by atoms with Crippen LogP contribution >= 0.6 is 11.6 Å². The Balaban J connectivity index is 1.70. The predicted octanol–water partition coefficient (Wildman–Crippen LogP) is 3.53. The van der Waals surface area contributed by atoms with Crippen molar-refractivity contribution >= 4 is 17.5 Å². The molecule has 2 atom stereocenters. The molecule has 1 amide bonds. The minimum absolute atomic E-state index is 0.00197. The van der Waals surface area contributed by atoms with Crippen LogP contribution in [-0.4, -0.2) is 37.6 Å². The fourth-order valence-corrected chi connectivity index (χ4v) is 3.27. The van der Waals surface area contributed by atoms with E-state index in [2.05, 4.69) is 5.32 Å². The van der Waals surface area contributed by atoms with Crippen LogP contribution in [0.4, 0.5) is 0 Å². The van der Waals surface area contributed by atoms with Crippen molar-refractivity contribution in [3.63, 3.8) is 0 Å². The Morgan fingerprint density at radius 1 is 1.17 bits per heavy atom. The van der Waals surface area contributed by atoms with Crippen molar-refractivity contribution < 1.29 is 24.1 Å². The van der Waals surface area contributed by atoms with Crippen LogP contribution in [0.5, 0.6) is 0 Å². The molecule has 0 fully saturated rings. The molecule has 0 saturated carbocycles. The van der Waals surface area contributed by atoms with Gasteiger partial charge in [-0.15, -0.1) is 0 Å². The quantitative estimate of drug-likeness (QED) is 0.594. The van der Waals surface area contributed by atoms with Gasteiger partial charge < -0.3 is 24.6 Å². The second kappa shape index (κ2) is 11.1. The van der Waals surface area contributed by atoms with Crippen LogP contribution < -0.4 is 5.32 Å². The lowest BCUT2D eigenvalue weighted by Crippen LogP contribution is -2.34. The number of benzene rings is 2. The number of nitrogens with one attached hydrogen (secondary N) is 1. The average Bonchev–Trinajstić information content (AvgIpc) is 2.78. The zero-order valence-electron chi connectivity index (χ0n) is 16.8. The van der Waals surface area contributed by atoms with Crippen LogP contribution in [0.25, 0.3) is 0 Å². The molecule has 2 N–H and O–H groups in total. The molecule has 2 aromatic rings. The molecular weight excluding hydrogens is 406 g/mol. The molecule has 30 heavy (non-hydrogen) atoms. The Morgan fingerprint density at radius 2 is 1.87 bits per heavy atom. The maximum absolute atomic E-state index is 12.5. The molecule has 0 aromatic heterocycles. The Morgan fingerprint density at radius 3 is 2.53 bits per heavy atom. The highest BCUT2D eigenvalue weighted by Gasteiger charge is 2.28. The Bertz CT molecular complexity index is 851. The Hall–Kier alpha value is -2.38. The third-order valence-corrected chi connectivity index (χ3v) is 5.06. The number of allylic oxidation sites excluding steroid dienone is 1. The van der Waals surface area contributed by atoms with E-state index in [0.717, 1.165) is 16.7 Å². The zero-order chi connectivity index (χ0) is 21.3. The fraction of sp³-hybridized carbons (Fsp3) is 0.348. The van der Waals surface area contributed by atoms with E-state index < -0.39 is 6.29 Å². The summed E-state index contributed by atoms with van der Waals surface area (Å²) in [6, 6.07) is 15.1. The molecule has 0 spiro atoms. The van der Waals surface area contributed by atoms with Gasteiger partial charge in [0.1, 0.15) is 0 Å². The summed E-state index contributed by atoms with van der Waals surface area (Å²) in [6.45, 7) is 1.15. The first kappa shape index (κ1) is 22.3. The van der Waals surface area contributed by atoms with Crippen molar-refractivity contribution in [3.05, 3.63) is 82.1 Å². The summed E-state index contributed by atoms with van der Waals surface area (Å²) in [7, 11) is 1.58. The number of aliphatic hydroxyl groups excluding tert-OH is 1. The maximum Gasteiger partial charge on any atom is 0.286 e. The summed E-state index contributed by atoms with van der Waals surface area (Å²) in [4.78, 5) is 12.5. The van der Waals surface area contributed by atoms with E-state index in [1.807, 2.05) is 54.6 Å². The smallest absolute Gasteiger partial charge is 0.286 e. The topological polar surface area (TPSA) is 77.0 Å². The number of halogens is 1. The van der Waals surface area contributed by atoms with Crippen molar-refractivity contribution in [1.29, 1.82) is 0 Å². The van der Waals surface area contributed by atoms with E-state index in [-0.39, 0.29) is 24.2 Å². The molecule has 160 valence electrons. The van der Waals surface area contributed by atoms with E-state index in [4.69, 9.17) is 30.9 Å². The molecule has 0 unspecified atom stereocenters. The number of hydrogen-bond acceptors (Lipinski definition) is 5. The summed E-state index contributed by atoms with van der Waals surface area (Å²) >= 11 is 6.01. The fourth-order valence-electron chi connectivity index (χ4n) is 3.14. The number of ether oxygens (including phenoxy) is 3. The van der Waals surface area contributed by atoms with Gasteiger partial charge in [0, 0.05) is 31.0 Å². The summed E-state index contributed by atoms with van der Waals surface area (Å²) in [6.07, 6.45) is 1.82. The van der Waals surface area contributed by atoms with Crippen LogP contribution in [-0.2, 0) is 32.2 Å². The lowest BCUT2D eigenvalue weighted by Gasteiger charge is -2.29. The van der Waals surface area contributed by atoms with Gasteiger partial charge in [-0.3, -0.25) is 4.79 Å². The first-order valence-corrected chi connectivity index (χ1v) is 10.2. The molecule has 0 radical (unpaired) electrons. The first-order valence-electron chi connectivity index (χ1n) is 9.80. The molecule has 3 rings (SSSR count). The van der Waals surface area contributed by atoms with Crippen molar-refractivity contribution in [3.8, 4) is 0 Å². The number of amides is 1. The molecule has 1 aliphatic rings. The van der Waals surface area contributed by atoms with Crippen LogP contribution in [0, 0.1) is 0 Å². The SMILES string of the molecule is COCCNC(=O)C1=C[C@@H](c2ccc(Cl)cc2)C[C@@H](OCc2ccc(CO)cc2)O1. The van der Waals surface area contributed by atoms with Crippen molar-refractivity contribution in [2.24, 2.45) is 0 Å². The van der Waals surface area contributed by atoms with Gasteiger partial charge in [0.05, 0.1) is 19.8 Å². The van der Waals surface area contributed by atoms with E-state index in [1.165, 1.54) is 0 Å². The maximum atomic E-state index is 12.5. The van der Waals surface area contributed by atoms with E-state index in [9.17, 15) is 4.79 Å². The highest BCUT2D eigenvalue weighted by molar-refractivity contribution is 6.30. The number of carbonyl (C=O) groups is 1. The van der Waals surface area contributed by atoms with Crippen LogP contribution in [0.2, 0.25) is 5.02 Å². The van der Waals surface area contributed by atoms with Crippen molar-refractivity contribution in [1.82, 2.24) is 5.32 Å². The van der Waals surface area contributed by atoms with Crippen molar-refractivity contribution in [2.45, 2.75) is 31.8 Å². The summed E-state index contributed by atoms with van der Waals surface area (Å²) in [5, 5.41) is 12.6. The average molecular weight is 432 g/mol. The normalized spacial score (nSPS) is 18.4. The highest BCUT2D eigenvalue weighted by atomic mass is 35.5.